The minimum atomic E-state index is 0.0333. The van der Waals surface area contributed by atoms with Gasteiger partial charge in [-0.1, -0.05) is 12.2 Å². The number of phenolic OH excluding ortho intramolecular Hbond substituents is 1. The Morgan fingerprint density at radius 3 is 2.58 bits per heavy atom. The van der Waals surface area contributed by atoms with Gasteiger partial charge in [0, 0.05) is 36.6 Å². The fourth-order valence-corrected chi connectivity index (χ4v) is 5.65. The standard InChI is InChI=1S/C28H32N6O2/c1-18-14-22(4-7-24(18)28(36)33-11-8-19(9-12-33)21-15-29-16-21)32-26-27-31-17-25(34(27)13-10-30-26)20-2-5-23(35)6-3-20/h2-3,5-7,10,13-14,17,19,21-22,29,35H,4,8-9,11-12,15-16H2,1H3,(H,30,32). The van der Waals surface area contributed by atoms with Gasteiger partial charge in [-0.2, -0.15) is 0 Å². The fourth-order valence-electron chi connectivity index (χ4n) is 5.65. The third kappa shape index (κ3) is 4.26. The number of nitrogens with one attached hydrogen (secondary N) is 2. The first-order chi connectivity index (χ1) is 17.6. The Morgan fingerprint density at radius 1 is 1.11 bits per heavy atom. The van der Waals surface area contributed by atoms with Crippen molar-refractivity contribution in [1.29, 1.82) is 0 Å². The molecule has 2 saturated heterocycles. The van der Waals surface area contributed by atoms with Crippen molar-refractivity contribution < 1.29 is 9.90 Å². The smallest absolute Gasteiger partial charge is 0.253 e. The molecule has 1 aliphatic carbocycles. The van der Waals surface area contributed by atoms with Gasteiger partial charge in [-0.3, -0.25) is 9.20 Å². The van der Waals surface area contributed by atoms with Crippen LogP contribution < -0.4 is 10.6 Å². The summed E-state index contributed by atoms with van der Waals surface area (Å²) in [7, 11) is 0. The Hall–Kier alpha value is -3.65. The van der Waals surface area contributed by atoms with Gasteiger partial charge >= 0.3 is 0 Å². The molecule has 0 spiro atoms. The molecule has 6 rings (SSSR count). The van der Waals surface area contributed by atoms with E-state index < -0.39 is 0 Å². The Labute approximate surface area is 210 Å². The molecule has 3 N–H and O–H groups in total. The summed E-state index contributed by atoms with van der Waals surface area (Å²) in [6.45, 7) is 6.03. The maximum absolute atomic E-state index is 13.3. The molecule has 3 aromatic rings. The predicted octanol–water partition coefficient (Wildman–Crippen LogP) is 3.62. The van der Waals surface area contributed by atoms with Crippen LogP contribution in [0.1, 0.15) is 26.2 Å². The number of phenols is 1. The number of aromatic hydroxyl groups is 1. The lowest BCUT2D eigenvalue weighted by molar-refractivity contribution is -0.128. The predicted molar refractivity (Wildman–Crippen MR) is 140 cm³/mol. The van der Waals surface area contributed by atoms with Crippen LogP contribution in [-0.4, -0.2) is 62.5 Å². The summed E-state index contributed by atoms with van der Waals surface area (Å²) >= 11 is 0. The summed E-state index contributed by atoms with van der Waals surface area (Å²) in [6, 6.07) is 7.12. The van der Waals surface area contributed by atoms with Crippen LogP contribution in [0.3, 0.4) is 0 Å². The maximum atomic E-state index is 13.3. The largest absolute Gasteiger partial charge is 0.508 e. The molecule has 8 nitrogen and oxygen atoms in total. The second kappa shape index (κ2) is 9.43. The zero-order chi connectivity index (χ0) is 24.6. The number of fused-ring (bicyclic) bond motifs is 1. The lowest BCUT2D eigenvalue weighted by atomic mass is 9.80. The van der Waals surface area contributed by atoms with E-state index in [4.69, 9.17) is 0 Å². The molecule has 0 bridgehead atoms. The van der Waals surface area contributed by atoms with E-state index in [0.717, 1.165) is 85.3 Å². The van der Waals surface area contributed by atoms with Gasteiger partial charge in [-0.15, -0.1) is 0 Å². The fraction of sp³-hybridized carbons (Fsp3) is 0.393. The first-order valence-electron chi connectivity index (χ1n) is 12.8. The minimum absolute atomic E-state index is 0.0333. The second-order valence-corrected chi connectivity index (χ2v) is 10.2. The minimum Gasteiger partial charge on any atom is -0.508 e. The van der Waals surface area contributed by atoms with Crippen LogP contribution in [-0.2, 0) is 4.79 Å². The summed E-state index contributed by atoms with van der Waals surface area (Å²) in [5, 5.41) is 16.5. The molecule has 36 heavy (non-hydrogen) atoms. The molecule has 1 aromatic carbocycles. The van der Waals surface area contributed by atoms with E-state index in [1.165, 1.54) is 0 Å². The molecule has 3 aliphatic rings. The van der Waals surface area contributed by atoms with Gasteiger partial charge in [0.25, 0.3) is 5.91 Å². The number of anilines is 1. The molecule has 0 saturated carbocycles. The van der Waals surface area contributed by atoms with Crippen molar-refractivity contribution in [1.82, 2.24) is 24.6 Å². The Morgan fingerprint density at radius 2 is 1.89 bits per heavy atom. The molecule has 1 atom stereocenters. The van der Waals surface area contributed by atoms with Crippen LogP contribution in [0.5, 0.6) is 5.75 Å². The van der Waals surface area contributed by atoms with Crippen molar-refractivity contribution in [3.63, 3.8) is 0 Å². The van der Waals surface area contributed by atoms with Gasteiger partial charge in [0.1, 0.15) is 5.75 Å². The highest BCUT2D eigenvalue weighted by Gasteiger charge is 2.32. The van der Waals surface area contributed by atoms with E-state index in [2.05, 4.69) is 32.8 Å². The van der Waals surface area contributed by atoms with Gasteiger partial charge < -0.3 is 20.6 Å². The molecule has 186 valence electrons. The summed E-state index contributed by atoms with van der Waals surface area (Å²) < 4.78 is 2.00. The van der Waals surface area contributed by atoms with E-state index >= 15 is 0 Å². The van der Waals surface area contributed by atoms with Crippen LogP contribution in [0.25, 0.3) is 16.9 Å². The maximum Gasteiger partial charge on any atom is 0.253 e. The number of benzene rings is 1. The molecule has 4 heterocycles. The summed E-state index contributed by atoms with van der Waals surface area (Å²) in [5.41, 5.74) is 4.47. The molecule has 2 aliphatic heterocycles. The van der Waals surface area contributed by atoms with Gasteiger partial charge in [-0.05, 0) is 81.0 Å². The number of hydrogen-bond acceptors (Lipinski definition) is 6. The SMILES string of the molecule is CC1=CC(Nc2nccn3c(-c4ccc(O)cc4)cnc23)CC=C1C(=O)N1CCC(C2CNC2)CC1. The van der Waals surface area contributed by atoms with Crippen LogP contribution in [0.4, 0.5) is 5.82 Å². The van der Waals surface area contributed by atoms with E-state index in [1.54, 1.807) is 18.3 Å². The number of hydrogen-bond donors (Lipinski definition) is 3. The van der Waals surface area contributed by atoms with Crippen LogP contribution in [0.15, 0.2) is 66.2 Å². The van der Waals surface area contributed by atoms with Gasteiger partial charge in [0.15, 0.2) is 11.5 Å². The van der Waals surface area contributed by atoms with Gasteiger partial charge in [0.2, 0.25) is 0 Å². The molecule has 2 aromatic heterocycles. The van der Waals surface area contributed by atoms with E-state index in [9.17, 15) is 9.90 Å². The number of amides is 1. The molecule has 1 amide bonds. The lowest BCUT2D eigenvalue weighted by Gasteiger charge is -2.40. The third-order valence-corrected chi connectivity index (χ3v) is 7.90. The van der Waals surface area contributed by atoms with Crippen molar-refractivity contribution in [2.24, 2.45) is 11.8 Å². The third-order valence-electron chi connectivity index (χ3n) is 7.90. The molecule has 0 radical (unpaired) electrons. The number of carbonyl (C=O) groups excluding carboxylic acids is 1. The summed E-state index contributed by atoms with van der Waals surface area (Å²) in [6.07, 6.45) is 12.6. The number of likely N-dealkylation sites (tertiary alicyclic amines) is 1. The topological polar surface area (TPSA) is 94.8 Å². The Kier molecular flexibility index (Phi) is 5.97. The number of carbonyl (C=O) groups is 1. The average molecular weight is 485 g/mol. The lowest BCUT2D eigenvalue weighted by Crippen LogP contribution is -2.50. The van der Waals surface area contributed by atoms with Crippen LogP contribution >= 0.6 is 0 Å². The van der Waals surface area contributed by atoms with Crippen LogP contribution in [0.2, 0.25) is 0 Å². The van der Waals surface area contributed by atoms with Crippen molar-refractivity contribution in [3.05, 3.63) is 66.2 Å². The molecule has 2 fully saturated rings. The number of aromatic nitrogens is 3. The van der Waals surface area contributed by atoms with Crippen molar-refractivity contribution in [3.8, 4) is 17.0 Å². The number of rotatable bonds is 5. The number of nitrogens with zero attached hydrogens (tertiary/aromatic N) is 4. The Bertz CT molecular complexity index is 1330. The van der Waals surface area contributed by atoms with Crippen LogP contribution in [0, 0.1) is 11.8 Å². The first kappa shape index (κ1) is 22.8. The second-order valence-electron chi connectivity index (χ2n) is 10.2. The average Bonchev–Trinajstić information content (AvgIpc) is 3.29. The van der Waals surface area contributed by atoms with E-state index in [0.29, 0.717) is 5.82 Å². The zero-order valence-corrected chi connectivity index (χ0v) is 20.5. The molecular weight excluding hydrogens is 452 g/mol. The highest BCUT2D eigenvalue weighted by atomic mass is 16.3. The van der Waals surface area contributed by atoms with Gasteiger partial charge in [0.05, 0.1) is 17.9 Å². The monoisotopic (exact) mass is 484 g/mol. The Balaban J connectivity index is 1.13. The number of imidazole rings is 1. The summed E-state index contributed by atoms with van der Waals surface area (Å²) in [4.78, 5) is 24.5. The highest BCUT2D eigenvalue weighted by molar-refractivity contribution is 5.98. The van der Waals surface area contributed by atoms with E-state index in [1.807, 2.05) is 40.8 Å². The number of piperidine rings is 1. The summed E-state index contributed by atoms with van der Waals surface area (Å²) in [5.74, 6) is 2.66. The van der Waals surface area contributed by atoms with Crippen molar-refractivity contribution >= 4 is 17.4 Å². The normalized spacial score (nSPS) is 21.1. The van der Waals surface area contributed by atoms with Crippen molar-refractivity contribution in [2.75, 3.05) is 31.5 Å². The van der Waals surface area contributed by atoms with Gasteiger partial charge in [-0.25, -0.2) is 9.97 Å². The zero-order valence-electron chi connectivity index (χ0n) is 20.5. The van der Waals surface area contributed by atoms with E-state index in [-0.39, 0.29) is 17.7 Å². The molecule has 1 unspecified atom stereocenters. The molecule has 8 heteroatoms. The first-order valence-corrected chi connectivity index (χ1v) is 12.8. The molecular formula is C28H32N6O2. The quantitative estimate of drug-likeness (QED) is 0.512. The van der Waals surface area contributed by atoms with Crippen molar-refractivity contribution in [2.45, 2.75) is 32.2 Å². The highest BCUT2D eigenvalue weighted by Crippen LogP contribution is 2.30.